The first-order valence-electron chi connectivity index (χ1n) is 9.73. The largest absolute Gasteiger partial charge is 0.375 e. The van der Waals surface area contributed by atoms with Crippen molar-refractivity contribution in [2.75, 3.05) is 36.5 Å². The van der Waals surface area contributed by atoms with Gasteiger partial charge >= 0.3 is 6.03 Å². The molecule has 7 nitrogen and oxygen atoms in total. The van der Waals surface area contributed by atoms with E-state index in [2.05, 4.69) is 39.5 Å². The van der Waals surface area contributed by atoms with Gasteiger partial charge in [0, 0.05) is 42.8 Å². The number of nitrogens with one attached hydrogen (secondary N) is 2. The molecule has 0 bridgehead atoms. The van der Waals surface area contributed by atoms with Crippen molar-refractivity contribution in [1.29, 1.82) is 0 Å². The number of aromatic nitrogens is 2. The van der Waals surface area contributed by atoms with Crippen LogP contribution in [0.1, 0.15) is 37.8 Å². The van der Waals surface area contributed by atoms with Crippen LogP contribution in [0, 0.1) is 0 Å². The summed E-state index contributed by atoms with van der Waals surface area (Å²) in [4.78, 5) is 17.1. The Morgan fingerprint density at radius 1 is 1.26 bits per heavy atom. The van der Waals surface area contributed by atoms with Crippen LogP contribution in [0.2, 0.25) is 0 Å². The second-order valence-corrected chi connectivity index (χ2v) is 7.34. The van der Waals surface area contributed by atoms with Gasteiger partial charge in [-0.05, 0) is 50.5 Å². The van der Waals surface area contributed by atoms with Gasteiger partial charge in [-0.2, -0.15) is 5.10 Å². The molecule has 0 saturated carbocycles. The second kappa shape index (κ2) is 8.00. The highest BCUT2D eigenvalue weighted by Crippen LogP contribution is 2.31. The fourth-order valence-corrected chi connectivity index (χ4v) is 3.97. The van der Waals surface area contributed by atoms with E-state index in [1.807, 2.05) is 29.4 Å². The zero-order valence-corrected chi connectivity index (χ0v) is 15.7. The van der Waals surface area contributed by atoms with Crippen LogP contribution in [0.5, 0.6) is 0 Å². The fraction of sp³-hybridized carbons (Fsp3) is 0.500. The second-order valence-electron chi connectivity index (χ2n) is 7.34. The number of aromatic amines is 1. The molecule has 2 aliphatic heterocycles. The minimum atomic E-state index is -0.0476. The SMILES string of the molecule is C[C@@H]1CN(c2ccc(NC(=O)N3CCCC[C@@H]3c3cn[nH]c3)cc2)CCO1. The van der Waals surface area contributed by atoms with Crippen LogP contribution in [0.25, 0.3) is 0 Å². The summed E-state index contributed by atoms with van der Waals surface area (Å²) in [6, 6.07) is 8.13. The first kappa shape index (κ1) is 17.9. The molecule has 27 heavy (non-hydrogen) atoms. The van der Waals surface area contributed by atoms with E-state index < -0.39 is 0 Å². The van der Waals surface area contributed by atoms with Crippen LogP contribution in [-0.4, -0.2) is 53.5 Å². The van der Waals surface area contributed by atoms with Crippen molar-refractivity contribution < 1.29 is 9.53 Å². The number of H-pyrrole nitrogens is 1. The lowest BCUT2D eigenvalue weighted by atomic mass is 9.98. The third-order valence-electron chi connectivity index (χ3n) is 5.39. The van der Waals surface area contributed by atoms with Crippen molar-refractivity contribution in [1.82, 2.24) is 15.1 Å². The van der Waals surface area contributed by atoms with Gasteiger partial charge in [-0.25, -0.2) is 4.79 Å². The number of carbonyl (C=O) groups excluding carboxylic acids is 1. The van der Waals surface area contributed by atoms with Crippen molar-refractivity contribution >= 4 is 17.4 Å². The van der Waals surface area contributed by atoms with Gasteiger partial charge in [-0.1, -0.05) is 0 Å². The maximum Gasteiger partial charge on any atom is 0.322 e. The zero-order valence-electron chi connectivity index (χ0n) is 15.7. The van der Waals surface area contributed by atoms with E-state index in [1.54, 1.807) is 0 Å². The monoisotopic (exact) mass is 369 g/mol. The molecule has 2 amide bonds. The third-order valence-corrected chi connectivity index (χ3v) is 5.39. The number of piperidine rings is 1. The Labute approximate surface area is 159 Å². The molecule has 2 aromatic rings. The molecule has 0 spiro atoms. The lowest BCUT2D eigenvalue weighted by Crippen LogP contribution is -2.41. The van der Waals surface area contributed by atoms with Crippen LogP contribution in [0.3, 0.4) is 0 Å². The lowest BCUT2D eigenvalue weighted by molar-refractivity contribution is 0.0532. The van der Waals surface area contributed by atoms with E-state index >= 15 is 0 Å². The highest BCUT2D eigenvalue weighted by atomic mass is 16.5. The van der Waals surface area contributed by atoms with Gasteiger partial charge in [-0.3, -0.25) is 5.10 Å². The predicted molar refractivity (Wildman–Crippen MR) is 105 cm³/mol. The average Bonchev–Trinajstić information content (AvgIpc) is 3.23. The topological polar surface area (TPSA) is 73.5 Å². The smallest absolute Gasteiger partial charge is 0.322 e. The number of urea groups is 1. The molecule has 1 aromatic carbocycles. The van der Waals surface area contributed by atoms with Crippen LogP contribution in [0.15, 0.2) is 36.7 Å². The van der Waals surface area contributed by atoms with E-state index in [4.69, 9.17) is 4.74 Å². The molecule has 3 heterocycles. The number of hydrogen-bond donors (Lipinski definition) is 2. The molecule has 2 fully saturated rings. The standard InChI is InChI=1S/C20H27N5O2/c1-15-14-24(10-11-27-15)18-7-5-17(6-8-18)23-20(26)25-9-3-2-4-19(25)16-12-21-22-13-16/h5-8,12-13,15,19H,2-4,9-11,14H2,1H3,(H,21,22)(H,23,26)/t15-,19-/m1/s1. The Morgan fingerprint density at radius 2 is 2.11 bits per heavy atom. The summed E-state index contributed by atoms with van der Waals surface area (Å²) in [5.41, 5.74) is 3.06. The number of hydrogen-bond acceptors (Lipinski definition) is 4. The van der Waals surface area contributed by atoms with Gasteiger partial charge in [0.25, 0.3) is 0 Å². The van der Waals surface area contributed by atoms with Crippen LogP contribution >= 0.6 is 0 Å². The Morgan fingerprint density at radius 3 is 2.85 bits per heavy atom. The van der Waals surface area contributed by atoms with Gasteiger partial charge in [0.05, 0.1) is 24.9 Å². The average molecular weight is 369 g/mol. The predicted octanol–water partition coefficient (Wildman–Crippen LogP) is 3.39. The number of amides is 2. The Kier molecular flexibility index (Phi) is 5.29. The lowest BCUT2D eigenvalue weighted by Gasteiger charge is -2.35. The Bertz CT molecular complexity index is 746. The van der Waals surface area contributed by atoms with Gasteiger partial charge in [0.1, 0.15) is 0 Å². The van der Waals surface area contributed by atoms with Crippen molar-refractivity contribution in [3.63, 3.8) is 0 Å². The van der Waals surface area contributed by atoms with Crippen molar-refractivity contribution in [3.8, 4) is 0 Å². The first-order valence-corrected chi connectivity index (χ1v) is 9.73. The van der Waals surface area contributed by atoms with Gasteiger partial charge in [0.2, 0.25) is 0 Å². The number of nitrogens with zero attached hydrogens (tertiary/aromatic N) is 3. The third kappa shape index (κ3) is 4.08. The Hall–Kier alpha value is -2.54. The summed E-state index contributed by atoms with van der Waals surface area (Å²) < 4.78 is 5.60. The first-order chi connectivity index (χ1) is 13.2. The molecule has 7 heteroatoms. The summed E-state index contributed by atoms with van der Waals surface area (Å²) in [7, 11) is 0. The molecule has 0 radical (unpaired) electrons. The van der Waals surface area contributed by atoms with E-state index in [-0.39, 0.29) is 18.2 Å². The molecule has 2 atom stereocenters. The summed E-state index contributed by atoms with van der Waals surface area (Å²) in [6.45, 7) is 5.41. The fourth-order valence-electron chi connectivity index (χ4n) is 3.97. The number of benzene rings is 1. The van der Waals surface area contributed by atoms with Crippen LogP contribution in [-0.2, 0) is 4.74 Å². The number of rotatable bonds is 3. The summed E-state index contributed by atoms with van der Waals surface area (Å²) in [5, 5.41) is 9.95. The minimum Gasteiger partial charge on any atom is -0.375 e. The zero-order chi connectivity index (χ0) is 18.6. The maximum absolute atomic E-state index is 12.9. The number of ether oxygens (including phenoxy) is 1. The quantitative estimate of drug-likeness (QED) is 0.870. The van der Waals surface area contributed by atoms with E-state index in [0.29, 0.717) is 0 Å². The molecule has 144 valence electrons. The summed E-state index contributed by atoms with van der Waals surface area (Å²) in [6.07, 6.45) is 7.09. The minimum absolute atomic E-state index is 0.0476. The normalized spacial score (nSPS) is 23.3. The number of anilines is 2. The van der Waals surface area contributed by atoms with E-state index in [1.165, 1.54) is 0 Å². The summed E-state index contributed by atoms with van der Waals surface area (Å²) in [5.74, 6) is 0. The van der Waals surface area contributed by atoms with Gasteiger partial charge < -0.3 is 19.9 Å². The highest BCUT2D eigenvalue weighted by molar-refractivity contribution is 5.90. The van der Waals surface area contributed by atoms with Gasteiger partial charge in [0.15, 0.2) is 0 Å². The molecular weight excluding hydrogens is 342 g/mol. The maximum atomic E-state index is 12.9. The Balaban J connectivity index is 1.41. The molecule has 0 aliphatic carbocycles. The number of morpholine rings is 1. The molecule has 2 saturated heterocycles. The van der Waals surface area contributed by atoms with Crippen molar-refractivity contribution in [3.05, 3.63) is 42.2 Å². The molecular formula is C20H27N5O2. The van der Waals surface area contributed by atoms with Crippen LogP contribution in [0.4, 0.5) is 16.2 Å². The summed E-state index contributed by atoms with van der Waals surface area (Å²) >= 11 is 0. The molecule has 0 unspecified atom stereocenters. The number of carbonyl (C=O) groups is 1. The highest BCUT2D eigenvalue weighted by Gasteiger charge is 2.28. The number of likely N-dealkylation sites (tertiary alicyclic amines) is 1. The van der Waals surface area contributed by atoms with Gasteiger partial charge in [-0.15, -0.1) is 0 Å². The van der Waals surface area contributed by atoms with Crippen LogP contribution < -0.4 is 10.2 Å². The van der Waals surface area contributed by atoms with Crippen molar-refractivity contribution in [2.45, 2.75) is 38.3 Å². The van der Waals surface area contributed by atoms with E-state index in [0.717, 1.165) is 62.4 Å². The molecule has 2 N–H and O–H groups in total. The van der Waals surface area contributed by atoms with E-state index in [9.17, 15) is 4.79 Å². The molecule has 2 aliphatic rings. The molecule has 4 rings (SSSR count). The molecule has 1 aromatic heterocycles. The van der Waals surface area contributed by atoms with Crippen molar-refractivity contribution in [2.24, 2.45) is 0 Å².